The van der Waals surface area contributed by atoms with E-state index >= 15 is 0 Å². The van der Waals surface area contributed by atoms with E-state index in [0.717, 1.165) is 16.1 Å². The number of amides is 1. The lowest BCUT2D eigenvalue weighted by molar-refractivity contribution is -0.123. The highest BCUT2D eigenvalue weighted by Crippen LogP contribution is 2.29. The molecule has 0 saturated carbocycles. The van der Waals surface area contributed by atoms with Gasteiger partial charge in [-0.05, 0) is 31.2 Å². The van der Waals surface area contributed by atoms with Gasteiger partial charge in [0, 0.05) is 23.7 Å². The third kappa shape index (κ3) is 4.22. The van der Waals surface area contributed by atoms with Gasteiger partial charge in [0.15, 0.2) is 11.4 Å². The minimum absolute atomic E-state index is 0.00523. The van der Waals surface area contributed by atoms with Crippen molar-refractivity contribution in [3.63, 3.8) is 0 Å². The van der Waals surface area contributed by atoms with E-state index in [1.165, 1.54) is 18.1 Å². The molecule has 1 N–H and O–H groups in total. The summed E-state index contributed by atoms with van der Waals surface area (Å²) in [6.07, 6.45) is 3.19. The Kier molecular flexibility index (Phi) is 5.51. The highest BCUT2D eigenvalue weighted by molar-refractivity contribution is 8.00. The Labute approximate surface area is 167 Å². The predicted molar refractivity (Wildman–Crippen MR) is 110 cm³/mol. The Morgan fingerprint density at radius 2 is 1.82 bits per heavy atom. The van der Waals surface area contributed by atoms with Gasteiger partial charge in [-0.1, -0.05) is 32.5 Å². The number of aryl methyl sites for hydroxylation is 1. The van der Waals surface area contributed by atoms with Crippen molar-refractivity contribution in [2.75, 3.05) is 5.32 Å². The summed E-state index contributed by atoms with van der Waals surface area (Å²) in [7, 11) is 1.82. The van der Waals surface area contributed by atoms with Crippen LogP contribution in [0.1, 0.15) is 38.1 Å². The van der Waals surface area contributed by atoms with Crippen LogP contribution in [0.25, 0.3) is 11.0 Å². The third-order valence-corrected chi connectivity index (χ3v) is 5.38. The van der Waals surface area contributed by atoms with Gasteiger partial charge in [0.2, 0.25) is 5.91 Å². The van der Waals surface area contributed by atoms with Crippen molar-refractivity contribution in [3.8, 4) is 0 Å². The number of Topliss-reactive ketones (excluding diaryl/α,β-unsaturated/α-hetero) is 1. The normalized spacial score (nSPS) is 12.8. The molecule has 7 nitrogen and oxygen atoms in total. The monoisotopic (exact) mass is 397 g/mol. The van der Waals surface area contributed by atoms with Crippen LogP contribution >= 0.6 is 11.8 Å². The van der Waals surface area contributed by atoms with Crippen molar-refractivity contribution < 1.29 is 9.59 Å². The first kappa shape index (κ1) is 20.0. The number of nitrogens with one attached hydrogen (secondary N) is 1. The molecule has 1 unspecified atom stereocenters. The van der Waals surface area contributed by atoms with Crippen LogP contribution in [0.2, 0.25) is 0 Å². The van der Waals surface area contributed by atoms with Crippen molar-refractivity contribution in [3.05, 3.63) is 42.4 Å². The molecule has 8 heteroatoms. The molecule has 3 aromatic rings. The van der Waals surface area contributed by atoms with E-state index in [-0.39, 0.29) is 16.9 Å². The minimum Gasteiger partial charge on any atom is -0.326 e. The fourth-order valence-electron chi connectivity index (χ4n) is 2.53. The van der Waals surface area contributed by atoms with E-state index in [1.54, 1.807) is 35.1 Å². The summed E-state index contributed by atoms with van der Waals surface area (Å²) in [6.45, 7) is 7.41. The molecule has 1 aromatic carbocycles. The van der Waals surface area contributed by atoms with Gasteiger partial charge in [-0.15, -0.1) is 0 Å². The van der Waals surface area contributed by atoms with Crippen molar-refractivity contribution in [1.29, 1.82) is 0 Å². The van der Waals surface area contributed by atoms with E-state index in [1.807, 2.05) is 34.7 Å². The second-order valence-electron chi connectivity index (χ2n) is 7.59. The number of thioether (sulfide) groups is 1. The van der Waals surface area contributed by atoms with Gasteiger partial charge < -0.3 is 5.32 Å². The van der Waals surface area contributed by atoms with E-state index < -0.39 is 5.41 Å². The summed E-state index contributed by atoms with van der Waals surface area (Å²) in [5, 5.41) is 8.29. The lowest BCUT2D eigenvalue weighted by atomic mass is 9.95. The van der Waals surface area contributed by atoms with Crippen LogP contribution < -0.4 is 5.32 Å². The largest absolute Gasteiger partial charge is 0.326 e. The highest BCUT2D eigenvalue weighted by Gasteiger charge is 2.22. The average molecular weight is 398 g/mol. The fraction of sp³-hybridized carbons (Fsp3) is 0.350. The molecule has 0 aliphatic heterocycles. The van der Waals surface area contributed by atoms with Crippen LogP contribution in [0.15, 0.2) is 41.8 Å². The van der Waals surface area contributed by atoms with Crippen molar-refractivity contribution in [1.82, 2.24) is 19.7 Å². The highest BCUT2D eigenvalue weighted by atomic mass is 32.2. The number of carbonyl (C=O) groups excluding carboxylic acids is 2. The van der Waals surface area contributed by atoms with Crippen molar-refractivity contribution >= 4 is 40.2 Å². The number of nitrogens with zero attached hydrogens (tertiary/aromatic N) is 4. The molecule has 1 amide bonds. The molecular weight excluding hydrogens is 374 g/mol. The lowest BCUT2D eigenvalue weighted by Crippen LogP contribution is -2.27. The maximum absolute atomic E-state index is 12.8. The molecule has 2 heterocycles. The number of anilines is 1. The fourth-order valence-corrected chi connectivity index (χ4v) is 3.48. The van der Waals surface area contributed by atoms with E-state index in [4.69, 9.17) is 0 Å². The number of ketones is 1. The molecule has 1 atom stereocenters. The number of hydrogen-bond acceptors (Lipinski definition) is 6. The van der Waals surface area contributed by atoms with Crippen LogP contribution in [0.5, 0.6) is 0 Å². The molecule has 0 fully saturated rings. The summed E-state index contributed by atoms with van der Waals surface area (Å²) < 4.78 is 1.68. The summed E-state index contributed by atoms with van der Waals surface area (Å²) >= 11 is 1.38. The zero-order chi connectivity index (χ0) is 20.5. The Morgan fingerprint density at radius 1 is 1.14 bits per heavy atom. The summed E-state index contributed by atoms with van der Waals surface area (Å²) in [5.41, 5.74) is 1.51. The predicted octanol–water partition coefficient (Wildman–Crippen LogP) is 3.71. The topological polar surface area (TPSA) is 89.8 Å². The molecule has 0 aliphatic carbocycles. The molecule has 0 bridgehead atoms. The second kappa shape index (κ2) is 7.71. The number of hydrogen-bond donors (Lipinski definition) is 1. The first-order valence-corrected chi connectivity index (χ1v) is 9.80. The van der Waals surface area contributed by atoms with Crippen LogP contribution in [0, 0.1) is 5.41 Å². The van der Waals surface area contributed by atoms with Gasteiger partial charge in [-0.25, -0.2) is 9.97 Å². The number of rotatable bonds is 5. The first-order valence-electron chi connectivity index (χ1n) is 8.92. The Bertz CT molecular complexity index is 1020. The van der Waals surface area contributed by atoms with Gasteiger partial charge in [-0.2, -0.15) is 5.10 Å². The molecule has 0 radical (unpaired) electrons. The molecule has 0 saturated heterocycles. The van der Waals surface area contributed by atoms with Gasteiger partial charge in [0.05, 0.1) is 16.8 Å². The maximum atomic E-state index is 12.8. The number of benzene rings is 1. The Balaban J connectivity index is 1.72. The molecule has 146 valence electrons. The van der Waals surface area contributed by atoms with Crippen LogP contribution in [0.4, 0.5) is 5.69 Å². The standard InChI is InChI=1S/C20H23N5O2S/c1-12(28-18-15-10-23-25(5)17(15)21-11-22-18)16(26)13-6-8-14(9-7-13)24-19(27)20(2,3)4/h6-12H,1-5H3,(H,24,27). The number of carbonyl (C=O) groups is 2. The molecular formula is C20H23N5O2S. The third-order valence-electron chi connectivity index (χ3n) is 4.26. The summed E-state index contributed by atoms with van der Waals surface area (Å²) in [4.78, 5) is 33.4. The molecule has 0 aliphatic rings. The molecule has 28 heavy (non-hydrogen) atoms. The van der Waals surface area contributed by atoms with Gasteiger partial charge in [-0.3, -0.25) is 14.3 Å². The zero-order valence-electron chi connectivity index (χ0n) is 16.6. The lowest BCUT2D eigenvalue weighted by Gasteiger charge is -2.17. The van der Waals surface area contributed by atoms with Gasteiger partial charge in [0.1, 0.15) is 11.4 Å². The van der Waals surface area contributed by atoms with E-state index in [9.17, 15) is 9.59 Å². The van der Waals surface area contributed by atoms with Gasteiger partial charge >= 0.3 is 0 Å². The summed E-state index contributed by atoms with van der Waals surface area (Å²) in [6, 6.07) is 6.96. The van der Waals surface area contributed by atoms with Crippen molar-refractivity contribution in [2.45, 2.75) is 38.0 Å². The van der Waals surface area contributed by atoms with E-state index in [0.29, 0.717) is 11.3 Å². The molecule has 2 aromatic heterocycles. The summed E-state index contributed by atoms with van der Waals surface area (Å²) in [5.74, 6) is -0.0749. The molecule has 0 spiro atoms. The minimum atomic E-state index is -0.477. The van der Waals surface area contributed by atoms with Gasteiger partial charge in [0.25, 0.3) is 0 Å². The SMILES string of the molecule is CC(Sc1ncnc2c1cnn2C)C(=O)c1ccc(NC(=O)C(C)(C)C)cc1. The maximum Gasteiger partial charge on any atom is 0.229 e. The number of fused-ring (bicyclic) bond motifs is 1. The van der Waals surface area contributed by atoms with E-state index in [2.05, 4.69) is 20.4 Å². The molecule has 3 rings (SSSR count). The Hall–Kier alpha value is -2.74. The smallest absolute Gasteiger partial charge is 0.229 e. The first-order chi connectivity index (χ1) is 13.2. The number of aromatic nitrogens is 4. The second-order valence-corrected chi connectivity index (χ2v) is 8.92. The Morgan fingerprint density at radius 3 is 2.46 bits per heavy atom. The average Bonchev–Trinajstić information content (AvgIpc) is 3.03. The van der Waals surface area contributed by atoms with Crippen LogP contribution in [0.3, 0.4) is 0 Å². The van der Waals surface area contributed by atoms with Crippen LogP contribution in [-0.4, -0.2) is 36.7 Å². The van der Waals surface area contributed by atoms with Crippen molar-refractivity contribution in [2.24, 2.45) is 12.5 Å². The zero-order valence-corrected chi connectivity index (χ0v) is 17.4. The quantitative estimate of drug-likeness (QED) is 0.401. The van der Waals surface area contributed by atoms with Crippen LogP contribution in [-0.2, 0) is 11.8 Å².